The van der Waals surface area contributed by atoms with Gasteiger partial charge in [-0.25, -0.2) is 4.21 Å². The zero-order valence-electron chi connectivity index (χ0n) is 10.6. The Bertz CT molecular complexity index is 497. The Morgan fingerprint density at radius 3 is 1.70 bits per heavy atom. The van der Waals surface area contributed by atoms with Crippen LogP contribution in [0.1, 0.15) is 16.7 Å². The van der Waals surface area contributed by atoms with E-state index >= 15 is 0 Å². The Morgan fingerprint density at radius 2 is 1.35 bits per heavy atom. The minimum Gasteiger partial charge on any atom is -0.306 e. The zero-order valence-corrected chi connectivity index (χ0v) is 11.4. The lowest BCUT2D eigenvalue weighted by molar-refractivity contribution is -0.479. The fourth-order valence-corrected chi connectivity index (χ4v) is 2.25. The quantitative estimate of drug-likeness (QED) is 0.435. The molecule has 1 atom stereocenters. The topological polar surface area (TPSA) is 124 Å². The third-order valence-corrected chi connectivity index (χ3v) is 3.15. The number of nitrogens with zero attached hydrogens (tertiary/aromatic N) is 2. The fourth-order valence-electron chi connectivity index (χ4n) is 1.79. The average molecular weight is 302 g/mol. The standard InChI is InChI=1S/C11H14N2O6S/c14-12(15)3-1-9-5-10(2-4-13(16)17)7-11(6-9)8-20(18)19/h5-7H,1-4,8H2,(H,18,19). The summed E-state index contributed by atoms with van der Waals surface area (Å²) in [4.78, 5) is 19.8. The Kier molecular flexibility index (Phi) is 6.19. The van der Waals surface area contributed by atoms with Crippen LogP contribution in [0.25, 0.3) is 0 Å². The summed E-state index contributed by atoms with van der Waals surface area (Å²) in [5.41, 5.74) is 1.83. The summed E-state index contributed by atoms with van der Waals surface area (Å²) in [6.45, 7) is -0.499. The second-order valence-electron chi connectivity index (χ2n) is 4.24. The van der Waals surface area contributed by atoms with Crippen LogP contribution in [0, 0.1) is 20.2 Å². The molecule has 0 bridgehead atoms. The molecular formula is C11H14N2O6S. The van der Waals surface area contributed by atoms with Gasteiger partial charge in [0.2, 0.25) is 13.1 Å². The average Bonchev–Trinajstić information content (AvgIpc) is 2.33. The molecule has 8 nitrogen and oxygen atoms in total. The van der Waals surface area contributed by atoms with E-state index in [0.717, 1.165) is 0 Å². The van der Waals surface area contributed by atoms with E-state index in [4.69, 9.17) is 4.55 Å². The molecular weight excluding hydrogens is 288 g/mol. The molecule has 0 aliphatic rings. The Labute approximate surface area is 117 Å². The van der Waals surface area contributed by atoms with Crippen molar-refractivity contribution in [2.24, 2.45) is 0 Å². The van der Waals surface area contributed by atoms with Crippen LogP contribution in [-0.4, -0.2) is 31.7 Å². The maximum absolute atomic E-state index is 10.8. The molecule has 0 heterocycles. The van der Waals surface area contributed by atoms with Gasteiger partial charge in [-0.05, 0) is 16.7 Å². The van der Waals surface area contributed by atoms with Crippen LogP contribution in [0.15, 0.2) is 18.2 Å². The first-order valence-corrected chi connectivity index (χ1v) is 7.07. The van der Waals surface area contributed by atoms with Crippen molar-refractivity contribution < 1.29 is 18.6 Å². The smallest absolute Gasteiger partial charge is 0.207 e. The Morgan fingerprint density at radius 1 is 0.950 bits per heavy atom. The number of nitro groups is 2. The summed E-state index contributed by atoms with van der Waals surface area (Å²) in [6.07, 6.45) is 0.370. The van der Waals surface area contributed by atoms with Gasteiger partial charge in [0.25, 0.3) is 0 Å². The minimum absolute atomic E-state index is 0.0994. The number of hydrogen-bond donors (Lipinski definition) is 1. The largest absolute Gasteiger partial charge is 0.306 e. The van der Waals surface area contributed by atoms with Crippen LogP contribution in [-0.2, 0) is 29.7 Å². The number of hydrogen-bond acceptors (Lipinski definition) is 5. The summed E-state index contributed by atoms with van der Waals surface area (Å²) >= 11 is -2.03. The first-order valence-electron chi connectivity index (χ1n) is 5.79. The number of benzene rings is 1. The molecule has 1 unspecified atom stereocenters. The molecule has 9 heteroatoms. The molecule has 0 amide bonds. The van der Waals surface area contributed by atoms with E-state index in [-0.39, 0.29) is 31.7 Å². The maximum atomic E-state index is 10.8. The van der Waals surface area contributed by atoms with Gasteiger partial charge in [0.05, 0.1) is 5.75 Å². The molecule has 110 valence electrons. The van der Waals surface area contributed by atoms with E-state index in [2.05, 4.69) is 0 Å². The highest BCUT2D eigenvalue weighted by Crippen LogP contribution is 2.14. The molecule has 1 aromatic carbocycles. The zero-order chi connectivity index (χ0) is 15.1. The van der Waals surface area contributed by atoms with Gasteiger partial charge >= 0.3 is 0 Å². The van der Waals surface area contributed by atoms with E-state index in [0.29, 0.717) is 16.7 Å². The molecule has 0 saturated heterocycles. The van der Waals surface area contributed by atoms with Crippen molar-refractivity contribution in [3.8, 4) is 0 Å². The van der Waals surface area contributed by atoms with Crippen molar-refractivity contribution in [2.75, 3.05) is 13.1 Å². The Balaban J connectivity index is 2.90. The molecule has 0 spiro atoms. The van der Waals surface area contributed by atoms with Crippen molar-refractivity contribution in [3.63, 3.8) is 0 Å². The maximum Gasteiger partial charge on any atom is 0.207 e. The van der Waals surface area contributed by atoms with Gasteiger partial charge in [-0.1, -0.05) is 18.2 Å². The van der Waals surface area contributed by atoms with Crippen molar-refractivity contribution in [1.82, 2.24) is 0 Å². The lowest BCUT2D eigenvalue weighted by atomic mass is 10.0. The van der Waals surface area contributed by atoms with Gasteiger partial charge < -0.3 is 4.55 Å². The first kappa shape index (κ1) is 16.2. The summed E-state index contributed by atoms with van der Waals surface area (Å²) in [5.74, 6) is -0.0994. The van der Waals surface area contributed by atoms with Gasteiger partial charge in [0.15, 0.2) is 11.1 Å². The third-order valence-electron chi connectivity index (χ3n) is 2.57. The van der Waals surface area contributed by atoms with E-state index in [1.807, 2.05) is 0 Å². The van der Waals surface area contributed by atoms with Crippen LogP contribution in [0.4, 0.5) is 0 Å². The fraction of sp³-hybridized carbons (Fsp3) is 0.455. The van der Waals surface area contributed by atoms with Crippen LogP contribution in [0.5, 0.6) is 0 Å². The van der Waals surface area contributed by atoms with E-state index in [9.17, 15) is 24.4 Å². The molecule has 0 aliphatic carbocycles. The van der Waals surface area contributed by atoms with Crippen LogP contribution in [0.2, 0.25) is 0 Å². The predicted molar refractivity (Wildman–Crippen MR) is 72.0 cm³/mol. The molecule has 1 N–H and O–H groups in total. The van der Waals surface area contributed by atoms with Gasteiger partial charge in [0, 0.05) is 22.7 Å². The lowest BCUT2D eigenvalue weighted by Gasteiger charge is -2.07. The highest BCUT2D eigenvalue weighted by Gasteiger charge is 2.08. The van der Waals surface area contributed by atoms with Crippen molar-refractivity contribution in [2.45, 2.75) is 18.6 Å². The highest BCUT2D eigenvalue weighted by atomic mass is 32.2. The van der Waals surface area contributed by atoms with Gasteiger partial charge in [-0.15, -0.1) is 0 Å². The predicted octanol–water partition coefficient (Wildman–Crippen LogP) is 1.05. The minimum atomic E-state index is -2.03. The second-order valence-corrected chi connectivity index (χ2v) is 5.17. The van der Waals surface area contributed by atoms with Crippen LogP contribution >= 0.6 is 0 Å². The Hall–Kier alpha value is -1.87. The number of rotatable bonds is 8. The van der Waals surface area contributed by atoms with E-state index < -0.39 is 20.9 Å². The summed E-state index contributed by atoms with van der Waals surface area (Å²) in [6, 6.07) is 4.90. The van der Waals surface area contributed by atoms with Crippen molar-refractivity contribution in [3.05, 3.63) is 55.1 Å². The normalized spacial score (nSPS) is 12.1. The van der Waals surface area contributed by atoms with Crippen molar-refractivity contribution >= 4 is 11.1 Å². The first-order chi connectivity index (χ1) is 9.36. The SMILES string of the molecule is O=[N+]([O-])CCc1cc(CC[N+](=O)[O-])cc(CS(=O)O)c1. The van der Waals surface area contributed by atoms with E-state index in [1.54, 1.807) is 18.2 Å². The third kappa shape index (κ3) is 6.34. The van der Waals surface area contributed by atoms with Gasteiger partial charge in [-0.3, -0.25) is 20.2 Å². The summed E-state index contributed by atoms with van der Waals surface area (Å²) < 4.78 is 19.7. The highest BCUT2D eigenvalue weighted by molar-refractivity contribution is 7.78. The molecule has 20 heavy (non-hydrogen) atoms. The lowest BCUT2D eigenvalue weighted by Crippen LogP contribution is -2.08. The molecule has 0 radical (unpaired) electrons. The summed E-state index contributed by atoms with van der Waals surface area (Å²) in [7, 11) is 0. The molecule has 1 aromatic rings. The second kappa shape index (κ2) is 7.65. The van der Waals surface area contributed by atoms with Crippen molar-refractivity contribution in [1.29, 1.82) is 0 Å². The summed E-state index contributed by atoms with van der Waals surface area (Å²) in [5, 5.41) is 20.7. The monoisotopic (exact) mass is 302 g/mol. The van der Waals surface area contributed by atoms with E-state index in [1.165, 1.54) is 0 Å². The van der Waals surface area contributed by atoms with Crippen LogP contribution < -0.4 is 0 Å². The molecule has 0 aromatic heterocycles. The van der Waals surface area contributed by atoms with Gasteiger partial charge in [-0.2, -0.15) is 0 Å². The molecule has 1 rings (SSSR count). The molecule has 0 fully saturated rings. The molecule has 0 saturated carbocycles. The van der Waals surface area contributed by atoms with Crippen LogP contribution in [0.3, 0.4) is 0 Å². The van der Waals surface area contributed by atoms with Gasteiger partial charge in [0.1, 0.15) is 0 Å². The molecule has 0 aliphatic heterocycles.